The lowest BCUT2D eigenvalue weighted by atomic mass is 10.0. The summed E-state index contributed by atoms with van der Waals surface area (Å²) in [4.78, 5) is 38.2. The summed E-state index contributed by atoms with van der Waals surface area (Å²) < 4.78 is 10.3. The van der Waals surface area contributed by atoms with E-state index in [9.17, 15) is 19.5 Å². The van der Waals surface area contributed by atoms with Gasteiger partial charge in [-0.1, -0.05) is 12.1 Å². The first-order valence-electron chi connectivity index (χ1n) is 10.0. The summed E-state index contributed by atoms with van der Waals surface area (Å²) in [7, 11) is 1.60. The van der Waals surface area contributed by atoms with Crippen LogP contribution in [0, 0.1) is 0 Å². The minimum atomic E-state index is -1.01. The molecular weight excluding hydrogens is 408 g/mol. The van der Waals surface area contributed by atoms with Crippen molar-refractivity contribution in [2.75, 3.05) is 31.8 Å². The molecule has 0 bridgehead atoms. The summed E-state index contributed by atoms with van der Waals surface area (Å²) in [5, 5.41) is 12.5. The van der Waals surface area contributed by atoms with Gasteiger partial charge in [-0.05, 0) is 44.4 Å². The average molecular weight is 439 g/mol. The van der Waals surface area contributed by atoms with E-state index in [-0.39, 0.29) is 12.5 Å². The number of aliphatic carboxylic acids is 1. The molecule has 2 N–H and O–H groups in total. The van der Waals surface area contributed by atoms with Crippen molar-refractivity contribution in [1.29, 1.82) is 0 Å². The summed E-state index contributed by atoms with van der Waals surface area (Å²) >= 11 is 1.52. The third kappa shape index (κ3) is 6.63. The van der Waals surface area contributed by atoms with E-state index in [1.54, 1.807) is 21.0 Å². The molecule has 0 aromatic heterocycles. The third-order valence-corrected chi connectivity index (χ3v) is 5.99. The Kier molecular flexibility index (Phi) is 9.45. The molecule has 1 aliphatic heterocycles. The first kappa shape index (κ1) is 24.0. The maximum atomic E-state index is 12.9. The third-order valence-electron chi connectivity index (χ3n) is 4.97. The van der Waals surface area contributed by atoms with Crippen molar-refractivity contribution < 1.29 is 29.0 Å². The Balaban J connectivity index is 2.03. The molecule has 1 aliphatic rings. The Morgan fingerprint density at radius 1 is 1.30 bits per heavy atom. The van der Waals surface area contributed by atoms with Crippen LogP contribution in [-0.4, -0.2) is 77.7 Å². The van der Waals surface area contributed by atoms with Crippen molar-refractivity contribution in [2.24, 2.45) is 0 Å². The average Bonchev–Trinajstić information content (AvgIpc) is 2.76. The molecule has 1 heterocycles. The summed E-state index contributed by atoms with van der Waals surface area (Å²) in [6.45, 7) is 4.01. The molecule has 0 saturated carbocycles. The van der Waals surface area contributed by atoms with Gasteiger partial charge in [0, 0.05) is 18.1 Å². The van der Waals surface area contributed by atoms with Gasteiger partial charge in [0.1, 0.15) is 17.8 Å². The summed E-state index contributed by atoms with van der Waals surface area (Å²) in [6, 6.07) is 5.34. The zero-order valence-corrected chi connectivity index (χ0v) is 18.4. The maximum Gasteiger partial charge on any atom is 0.327 e. The van der Waals surface area contributed by atoms with E-state index in [4.69, 9.17) is 9.47 Å². The molecule has 166 valence electrons. The summed E-state index contributed by atoms with van der Waals surface area (Å²) in [5.74, 6) is 0.0686. The number of esters is 1. The molecule has 8 nitrogen and oxygen atoms in total. The van der Waals surface area contributed by atoms with E-state index < -0.39 is 30.1 Å². The molecule has 9 heteroatoms. The van der Waals surface area contributed by atoms with Gasteiger partial charge in [-0.2, -0.15) is 11.8 Å². The molecule has 1 amide bonds. The molecule has 1 aromatic rings. The van der Waals surface area contributed by atoms with E-state index in [0.717, 1.165) is 11.3 Å². The van der Waals surface area contributed by atoms with Gasteiger partial charge in [-0.25, -0.2) is 4.79 Å². The SMILES string of the molecule is CCOC(=O)C(CCc1ccc(OC)cc1)N[C@@H](C)C(=O)N1CCSCC1C(=O)O. The molecule has 2 unspecified atom stereocenters. The van der Waals surface area contributed by atoms with E-state index in [2.05, 4.69) is 5.32 Å². The van der Waals surface area contributed by atoms with Crippen LogP contribution in [0.2, 0.25) is 0 Å². The molecule has 3 atom stereocenters. The number of benzene rings is 1. The fraction of sp³-hybridized carbons (Fsp3) is 0.571. The maximum absolute atomic E-state index is 12.9. The second-order valence-corrected chi connectivity index (χ2v) is 8.19. The molecule has 0 radical (unpaired) electrons. The fourth-order valence-electron chi connectivity index (χ4n) is 3.31. The second kappa shape index (κ2) is 11.8. The largest absolute Gasteiger partial charge is 0.497 e. The molecule has 2 rings (SSSR count). The highest BCUT2D eigenvalue weighted by molar-refractivity contribution is 7.99. The number of nitrogens with zero attached hydrogens (tertiary/aromatic N) is 1. The van der Waals surface area contributed by atoms with Crippen molar-refractivity contribution in [3.63, 3.8) is 0 Å². The standard InChI is InChI=1S/C21H30N2O6S/c1-4-29-21(27)17(10-7-15-5-8-16(28-3)9-6-15)22-14(2)19(24)23-11-12-30-13-18(23)20(25)26/h5-6,8-9,14,17-18,22H,4,7,10-13H2,1-3H3,(H,25,26)/t14-,17?,18?/m0/s1. The second-order valence-electron chi connectivity index (χ2n) is 7.04. The highest BCUT2D eigenvalue weighted by atomic mass is 32.2. The fourth-order valence-corrected chi connectivity index (χ4v) is 4.35. The number of rotatable bonds is 10. The smallest absolute Gasteiger partial charge is 0.327 e. The van der Waals surface area contributed by atoms with Crippen molar-refractivity contribution in [1.82, 2.24) is 10.2 Å². The lowest BCUT2D eigenvalue weighted by Crippen LogP contribution is -2.57. The van der Waals surface area contributed by atoms with E-state index in [1.807, 2.05) is 24.3 Å². The zero-order chi connectivity index (χ0) is 22.1. The molecule has 1 fully saturated rings. The Morgan fingerprint density at radius 3 is 2.60 bits per heavy atom. The number of methoxy groups -OCH3 is 1. The number of amides is 1. The summed E-state index contributed by atoms with van der Waals surface area (Å²) in [5.41, 5.74) is 1.03. The van der Waals surface area contributed by atoms with Crippen LogP contribution in [0.5, 0.6) is 5.75 Å². The van der Waals surface area contributed by atoms with Crippen LogP contribution in [0.4, 0.5) is 0 Å². The van der Waals surface area contributed by atoms with E-state index in [1.165, 1.54) is 16.7 Å². The topological polar surface area (TPSA) is 105 Å². The van der Waals surface area contributed by atoms with Gasteiger partial charge in [-0.3, -0.25) is 14.9 Å². The van der Waals surface area contributed by atoms with Crippen LogP contribution in [0.1, 0.15) is 25.8 Å². The van der Waals surface area contributed by atoms with Crippen LogP contribution in [0.3, 0.4) is 0 Å². The number of hydrogen-bond donors (Lipinski definition) is 2. The van der Waals surface area contributed by atoms with Crippen LogP contribution >= 0.6 is 11.8 Å². The summed E-state index contributed by atoms with van der Waals surface area (Å²) in [6.07, 6.45) is 1.06. The number of hydrogen-bond acceptors (Lipinski definition) is 7. The van der Waals surface area contributed by atoms with Gasteiger partial charge in [0.2, 0.25) is 5.91 Å². The van der Waals surface area contributed by atoms with Crippen molar-refractivity contribution in [3.8, 4) is 5.75 Å². The number of nitrogens with one attached hydrogen (secondary N) is 1. The molecule has 1 aromatic carbocycles. The molecule has 0 aliphatic carbocycles. The Hall–Kier alpha value is -2.26. The lowest BCUT2D eigenvalue weighted by Gasteiger charge is -2.35. The minimum Gasteiger partial charge on any atom is -0.497 e. The monoisotopic (exact) mass is 438 g/mol. The molecule has 1 saturated heterocycles. The van der Waals surface area contributed by atoms with Crippen LogP contribution in [-0.2, 0) is 25.5 Å². The van der Waals surface area contributed by atoms with Gasteiger partial charge in [0.25, 0.3) is 0 Å². The zero-order valence-electron chi connectivity index (χ0n) is 17.6. The van der Waals surface area contributed by atoms with Gasteiger partial charge in [-0.15, -0.1) is 0 Å². The minimum absolute atomic E-state index is 0.242. The van der Waals surface area contributed by atoms with Crippen LogP contribution in [0.15, 0.2) is 24.3 Å². The van der Waals surface area contributed by atoms with Gasteiger partial charge in [0.15, 0.2) is 0 Å². The van der Waals surface area contributed by atoms with E-state index in [0.29, 0.717) is 30.9 Å². The predicted molar refractivity (Wildman–Crippen MR) is 115 cm³/mol. The number of carbonyl (C=O) groups excluding carboxylic acids is 2. The first-order valence-corrected chi connectivity index (χ1v) is 11.2. The number of aryl methyl sites for hydroxylation is 1. The number of thioether (sulfide) groups is 1. The highest BCUT2D eigenvalue weighted by Crippen LogP contribution is 2.18. The Bertz CT molecular complexity index is 727. The van der Waals surface area contributed by atoms with Crippen molar-refractivity contribution in [2.45, 2.75) is 44.8 Å². The Labute approximate surface area is 181 Å². The molecule has 0 spiro atoms. The van der Waals surface area contributed by atoms with Crippen LogP contribution in [0.25, 0.3) is 0 Å². The number of carboxylic acids is 1. The Morgan fingerprint density at radius 2 is 2.00 bits per heavy atom. The predicted octanol–water partition coefficient (Wildman–Crippen LogP) is 1.57. The van der Waals surface area contributed by atoms with Gasteiger partial charge in [0.05, 0.1) is 19.8 Å². The number of ether oxygens (including phenoxy) is 2. The quantitative estimate of drug-likeness (QED) is 0.531. The van der Waals surface area contributed by atoms with Gasteiger partial charge < -0.3 is 19.5 Å². The molecular formula is C21H30N2O6S. The number of carbonyl (C=O) groups is 3. The normalized spacial score (nSPS) is 18.4. The highest BCUT2D eigenvalue weighted by Gasteiger charge is 2.35. The van der Waals surface area contributed by atoms with E-state index >= 15 is 0 Å². The van der Waals surface area contributed by atoms with Crippen molar-refractivity contribution in [3.05, 3.63) is 29.8 Å². The van der Waals surface area contributed by atoms with Crippen LogP contribution < -0.4 is 10.1 Å². The lowest BCUT2D eigenvalue weighted by molar-refractivity contribution is -0.151. The number of carboxylic acid groups (broad SMARTS) is 1. The van der Waals surface area contributed by atoms with Gasteiger partial charge >= 0.3 is 11.9 Å². The first-order chi connectivity index (χ1) is 14.4. The molecule has 30 heavy (non-hydrogen) atoms. The van der Waals surface area contributed by atoms with Crippen molar-refractivity contribution >= 4 is 29.6 Å².